The Morgan fingerprint density at radius 1 is 1.28 bits per heavy atom. The van der Waals surface area contributed by atoms with Gasteiger partial charge in [0.05, 0.1) is 0 Å². The number of halogens is 2. The molecule has 1 aromatic carbocycles. The van der Waals surface area contributed by atoms with Crippen LogP contribution in [0.25, 0.3) is 0 Å². The highest BCUT2D eigenvalue weighted by Crippen LogP contribution is 2.27. The molecule has 0 spiro atoms. The topological polar surface area (TPSA) is 12.0 Å². The highest BCUT2D eigenvalue weighted by atomic mass is 35.5. The molecule has 3 heteroatoms. The first kappa shape index (κ1) is 13.8. The van der Waals surface area contributed by atoms with E-state index in [-0.39, 0.29) is 5.82 Å². The van der Waals surface area contributed by atoms with Gasteiger partial charge in [-0.25, -0.2) is 4.39 Å². The van der Waals surface area contributed by atoms with Gasteiger partial charge in [0.2, 0.25) is 0 Å². The molecule has 2 rings (SSSR count). The van der Waals surface area contributed by atoms with E-state index in [1.165, 1.54) is 44.2 Å². The van der Waals surface area contributed by atoms with E-state index in [4.69, 9.17) is 11.6 Å². The molecule has 1 fully saturated rings. The Morgan fingerprint density at radius 2 is 2.00 bits per heavy atom. The van der Waals surface area contributed by atoms with Crippen LogP contribution in [-0.4, -0.2) is 6.04 Å². The predicted molar refractivity (Wildman–Crippen MR) is 74.3 cm³/mol. The lowest BCUT2D eigenvalue weighted by Gasteiger charge is -2.28. The minimum atomic E-state index is -0.217. The fraction of sp³-hybridized carbons (Fsp3) is 0.600. The quantitative estimate of drug-likeness (QED) is 0.846. The Bertz CT molecular complexity index is 386. The van der Waals surface area contributed by atoms with Gasteiger partial charge in [-0.05, 0) is 55.4 Å². The normalized spacial score (nSPS) is 24.2. The van der Waals surface area contributed by atoms with E-state index in [9.17, 15) is 4.39 Å². The maximum absolute atomic E-state index is 13.1. The van der Waals surface area contributed by atoms with E-state index >= 15 is 0 Å². The zero-order valence-corrected chi connectivity index (χ0v) is 11.6. The highest BCUT2D eigenvalue weighted by molar-refractivity contribution is 6.31. The van der Waals surface area contributed by atoms with Crippen LogP contribution >= 0.6 is 11.6 Å². The minimum Gasteiger partial charge on any atom is -0.310 e. The van der Waals surface area contributed by atoms with Gasteiger partial charge < -0.3 is 5.32 Å². The van der Waals surface area contributed by atoms with E-state index in [0.717, 1.165) is 11.5 Å². The Hall–Kier alpha value is -0.600. The van der Waals surface area contributed by atoms with Crippen LogP contribution in [0, 0.1) is 11.7 Å². The van der Waals surface area contributed by atoms with Crippen LogP contribution in [0.5, 0.6) is 0 Å². The van der Waals surface area contributed by atoms with Crippen molar-refractivity contribution >= 4 is 11.6 Å². The molecule has 0 unspecified atom stereocenters. The molecule has 0 bridgehead atoms. The van der Waals surface area contributed by atoms with Gasteiger partial charge in [-0.2, -0.15) is 0 Å². The van der Waals surface area contributed by atoms with Crippen molar-refractivity contribution < 1.29 is 4.39 Å². The zero-order valence-electron chi connectivity index (χ0n) is 10.9. The number of benzene rings is 1. The summed E-state index contributed by atoms with van der Waals surface area (Å²) in [6.07, 6.45) is 6.37. The van der Waals surface area contributed by atoms with Crippen LogP contribution in [0.1, 0.15) is 44.6 Å². The second-order valence-electron chi connectivity index (χ2n) is 5.24. The van der Waals surface area contributed by atoms with Crippen molar-refractivity contribution in [2.24, 2.45) is 5.92 Å². The molecule has 1 saturated carbocycles. The van der Waals surface area contributed by atoms with E-state index < -0.39 is 0 Å². The molecule has 1 aliphatic carbocycles. The third kappa shape index (κ3) is 3.69. The van der Waals surface area contributed by atoms with Crippen molar-refractivity contribution in [3.05, 3.63) is 34.6 Å². The maximum Gasteiger partial charge on any atom is 0.123 e. The summed E-state index contributed by atoms with van der Waals surface area (Å²) < 4.78 is 13.1. The van der Waals surface area contributed by atoms with Crippen LogP contribution in [-0.2, 0) is 6.54 Å². The monoisotopic (exact) mass is 269 g/mol. The lowest BCUT2D eigenvalue weighted by Crippen LogP contribution is -2.32. The third-order valence-corrected chi connectivity index (χ3v) is 4.38. The summed E-state index contributed by atoms with van der Waals surface area (Å²) >= 11 is 6.05. The van der Waals surface area contributed by atoms with Crippen LogP contribution in [0.2, 0.25) is 5.02 Å². The van der Waals surface area contributed by atoms with Crippen LogP contribution in [0.4, 0.5) is 4.39 Å². The van der Waals surface area contributed by atoms with Gasteiger partial charge in [0.25, 0.3) is 0 Å². The predicted octanol–water partition coefficient (Wildman–Crippen LogP) is 4.54. The first-order valence-corrected chi connectivity index (χ1v) is 7.24. The summed E-state index contributed by atoms with van der Waals surface area (Å²) in [6, 6.07) is 5.11. The molecular weight excluding hydrogens is 249 g/mol. The van der Waals surface area contributed by atoms with Crippen molar-refractivity contribution in [2.45, 2.75) is 51.6 Å². The summed E-state index contributed by atoms with van der Waals surface area (Å²) in [5, 5.41) is 4.14. The number of rotatable bonds is 4. The van der Waals surface area contributed by atoms with Gasteiger partial charge in [-0.15, -0.1) is 0 Å². The first-order valence-electron chi connectivity index (χ1n) is 6.86. The van der Waals surface area contributed by atoms with E-state index in [0.29, 0.717) is 17.6 Å². The summed E-state index contributed by atoms with van der Waals surface area (Å²) in [7, 11) is 0. The van der Waals surface area contributed by atoms with Gasteiger partial charge in [-0.1, -0.05) is 24.9 Å². The van der Waals surface area contributed by atoms with Gasteiger partial charge in [-0.3, -0.25) is 0 Å². The van der Waals surface area contributed by atoms with E-state index in [1.54, 1.807) is 6.07 Å². The smallest absolute Gasteiger partial charge is 0.123 e. The second-order valence-corrected chi connectivity index (χ2v) is 5.65. The number of nitrogens with one attached hydrogen (secondary N) is 1. The largest absolute Gasteiger partial charge is 0.310 e. The Kier molecular flexibility index (Phi) is 5.02. The fourth-order valence-electron chi connectivity index (χ4n) is 2.71. The molecule has 0 radical (unpaired) electrons. The lowest BCUT2D eigenvalue weighted by molar-refractivity contribution is 0.285. The van der Waals surface area contributed by atoms with Gasteiger partial charge in [0, 0.05) is 17.6 Å². The molecule has 1 N–H and O–H groups in total. The molecule has 0 atom stereocenters. The van der Waals surface area contributed by atoms with E-state index in [2.05, 4.69) is 12.2 Å². The standard InChI is InChI=1S/C15H21ClFN/c1-2-11-3-6-14(7-4-11)18-10-12-9-13(17)5-8-15(12)16/h5,8-9,11,14,18H,2-4,6-7,10H2,1H3. The Morgan fingerprint density at radius 3 is 2.67 bits per heavy atom. The molecule has 0 amide bonds. The molecular formula is C15H21ClFN. The Balaban J connectivity index is 1.83. The average Bonchev–Trinajstić information content (AvgIpc) is 2.40. The van der Waals surface area contributed by atoms with Crippen molar-refractivity contribution in [2.75, 3.05) is 0 Å². The first-order chi connectivity index (χ1) is 8.69. The zero-order chi connectivity index (χ0) is 13.0. The van der Waals surface area contributed by atoms with Gasteiger partial charge in [0.15, 0.2) is 0 Å². The SMILES string of the molecule is CCC1CCC(NCc2cc(F)ccc2Cl)CC1. The van der Waals surface area contributed by atoms with Crippen LogP contribution in [0.15, 0.2) is 18.2 Å². The van der Waals surface area contributed by atoms with E-state index in [1.807, 2.05) is 0 Å². The maximum atomic E-state index is 13.1. The minimum absolute atomic E-state index is 0.217. The molecule has 18 heavy (non-hydrogen) atoms. The second kappa shape index (κ2) is 6.53. The molecule has 0 heterocycles. The molecule has 0 aromatic heterocycles. The van der Waals surface area contributed by atoms with Crippen molar-refractivity contribution in [3.63, 3.8) is 0 Å². The van der Waals surface area contributed by atoms with Crippen LogP contribution in [0.3, 0.4) is 0 Å². The van der Waals surface area contributed by atoms with Crippen molar-refractivity contribution in [1.82, 2.24) is 5.32 Å². The van der Waals surface area contributed by atoms with Crippen LogP contribution < -0.4 is 5.32 Å². The summed E-state index contributed by atoms with van der Waals surface area (Å²) in [5.74, 6) is 0.687. The summed E-state index contributed by atoms with van der Waals surface area (Å²) in [5.41, 5.74) is 0.856. The molecule has 1 nitrogen and oxygen atoms in total. The average molecular weight is 270 g/mol. The molecule has 0 saturated heterocycles. The van der Waals surface area contributed by atoms with Crippen molar-refractivity contribution in [3.8, 4) is 0 Å². The Labute approximate surface area is 114 Å². The molecule has 1 aromatic rings. The molecule has 1 aliphatic rings. The third-order valence-electron chi connectivity index (χ3n) is 4.01. The number of hydrogen-bond acceptors (Lipinski definition) is 1. The van der Waals surface area contributed by atoms with Gasteiger partial charge >= 0.3 is 0 Å². The fourth-order valence-corrected chi connectivity index (χ4v) is 2.89. The molecule has 100 valence electrons. The van der Waals surface area contributed by atoms with Gasteiger partial charge in [0.1, 0.15) is 5.82 Å². The summed E-state index contributed by atoms with van der Waals surface area (Å²) in [4.78, 5) is 0. The number of hydrogen-bond donors (Lipinski definition) is 1. The van der Waals surface area contributed by atoms with Crippen molar-refractivity contribution in [1.29, 1.82) is 0 Å². The summed E-state index contributed by atoms with van der Waals surface area (Å²) in [6.45, 7) is 2.93. The highest BCUT2D eigenvalue weighted by Gasteiger charge is 2.19. The molecule has 0 aliphatic heterocycles. The lowest BCUT2D eigenvalue weighted by atomic mass is 9.84.